The standard InChI is InChI=1S/C20H24N2S/c1-15(18-12-11-17-9-5-6-10-19(17)13-18)22-20(23)21-14-16-7-3-2-4-8-16/h2-4,7-8,11-13,15H,5-6,9-10,14H2,1H3,(H2,21,22,23)/t15-/m1/s1. The Balaban J connectivity index is 1.56. The number of thiocarbonyl (C=S) groups is 1. The summed E-state index contributed by atoms with van der Waals surface area (Å²) >= 11 is 5.43. The second kappa shape index (κ2) is 7.60. The first kappa shape index (κ1) is 16.0. The lowest BCUT2D eigenvalue weighted by atomic mass is 9.89. The van der Waals surface area contributed by atoms with Gasteiger partial charge in [0, 0.05) is 6.54 Å². The highest BCUT2D eigenvalue weighted by Crippen LogP contribution is 2.24. The van der Waals surface area contributed by atoms with Crippen molar-refractivity contribution in [3.05, 3.63) is 70.8 Å². The molecular formula is C20H24N2S. The lowest BCUT2D eigenvalue weighted by Crippen LogP contribution is -2.36. The maximum atomic E-state index is 5.43. The van der Waals surface area contributed by atoms with E-state index < -0.39 is 0 Å². The van der Waals surface area contributed by atoms with E-state index in [9.17, 15) is 0 Å². The summed E-state index contributed by atoms with van der Waals surface area (Å²) in [6, 6.07) is 17.4. The number of fused-ring (bicyclic) bond motifs is 1. The second-order valence-electron chi connectivity index (χ2n) is 6.27. The van der Waals surface area contributed by atoms with Crippen LogP contribution in [0, 0.1) is 0 Å². The molecule has 23 heavy (non-hydrogen) atoms. The molecule has 0 spiro atoms. The summed E-state index contributed by atoms with van der Waals surface area (Å²) in [6.45, 7) is 2.92. The van der Waals surface area contributed by atoms with Crippen molar-refractivity contribution in [2.24, 2.45) is 0 Å². The summed E-state index contributed by atoms with van der Waals surface area (Å²) in [6.07, 6.45) is 5.09. The molecule has 1 aliphatic carbocycles. The number of benzene rings is 2. The van der Waals surface area contributed by atoms with E-state index in [-0.39, 0.29) is 6.04 Å². The normalized spacial score (nSPS) is 14.7. The van der Waals surface area contributed by atoms with Gasteiger partial charge in [-0.15, -0.1) is 0 Å². The van der Waals surface area contributed by atoms with Crippen LogP contribution in [0.4, 0.5) is 0 Å². The molecule has 1 atom stereocenters. The fourth-order valence-corrected chi connectivity index (χ4v) is 3.38. The Morgan fingerprint density at radius 3 is 2.57 bits per heavy atom. The molecule has 2 nitrogen and oxygen atoms in total. The van der Waals surface area contributed by atoms with Gasteiger partial charge in [-0.05, 0) is 67.1 Å². The van der Waals surface area contributed by atoms with Crippen molar-refractivity contribution in [2.75, 3.05) is 0 Å². The Hall–Kier alpha value is -1.87. The van der Waals surface area contributed by atoms with Gasteiger partial charge in [0.2, 0.25) is 0 Å². The third-order valence-electron chi connectivity index (χ3n) is 4.52. The van der Waals surface area contributed by atoms with Crippen LogP contribution < -0.4 is 10.6 Å². The van der Waals surface area contributed by atoms with E-state index in [0.29, 0.717) is 5.11 Å². The molecule has 0 radical (unpaired) electrons. The summed E-state index contributed by atoms with van der Waals surface area (Å²) in [5, 5.41) is 7.38. The molecule has 3 rings (SSSR count). The molecule has 0 fully saturated rings. The van der Waals surface area contributed by atoms with E-state index in [1.165, 1.54) is 47.9 Å². The summed E-state index contributed by atoms with van der Waals surface area (Å²) in [5.74, 6) is 0. The lowest BCUT2D eigenvalue weighted by Gasteiger charge is -2.21. The maximum absolute atomic E-state index is 5.43. The fourth-order valence-electron chi connectivity index (χ4n) is 3.13. The smallest absolute Gasteiger partial charge is 0.167 e. The van der Waals surface area contributed by atoms with E-state index in [0.717, 1.165) is 6.54 Å². The van der Waals surface area contributed by atoms with Crippen LogP contribution >= 0.6 is 12.2 Å². The van der Waals surface area contributed by atoms with Gasteiger partial charge >= 0.3 is 0 Å². The molecule has 1 aliphatic rings. The van der Waals surface area contributed by atoms with Gasteiger partial charge in [-0.25, -0.2) is 0 Å². The van der Waals surface area contributed by atoms with Gasteiger partial charge in [0.25, 0.3) is 0 Å². The highest BCUT2D eigenvalue weighted by atomic mass is 32.1. The van der Waals surface area contributed by atoms with Crippen LogP contribution in [0.1, 0.15) is 48.1 Å². The fraction of sp³-hybridized carbons (Fsp3) is 0.350. The minimum Gasteiger partial charge on any atom is -0.359 e. The van der Waals surface area contributed by atoms with Crippen molar-refractivity contribution in [3.8, 4) is 0 Å². The van der Waals surface area contributed by atoms with E-state index >= 15 is 0 Å². The minimum atomic E-state index is 0.220. The third kappa shape index (κ3) is 4.32. The highest BCUT2D eigenvalue weighted by molar-refractivity contribution is 7.80. The van der Waals surface area contributed by atoms with Crippen LogP contribution in [0.5, 0.6) is 0 Å². The van der Waals surface area contributed by atoms with E-state index in [4.69, 9.17) is 12.2 Å². The highest BCUT2D eigenvalue weighted by Gasteiger charge is 2.13. The molecule has 0 heterocycles. The largest absolute Gasteiger partial charge is 0.359 e. The van der Waals surface area contributed by atoms with E-state index in [1.54, 1.807) is 0 Å². The molecule has 0 unspecified atom stereocenters. The van der Waals surface area contributed by atoms with Crippen LogP contribution in [-0.4, -0.2) is 5.11 Å². The van der Waals surface area contributed by atoms with Gasteiger partial charge in [-0.2, -0.15) is 0 Å². The SMILES string of the molecule is C[C@@H](NC(=S)NCc1ccccc1)c1ccc2c(c1)CCCC2. The number of aryl methyl sites for hydroxylation is 2. The van der Waals surface area contributed by atoms with Crippen molar-refractivity contribution in [3.63, 3.8) is 0 Å². The average molecular weight is 324 g/mol. The van der Waals surface area contributed by atoms with Gasteiger partial charge in [-0.3, -0.25) is 0 Å². The molecule has 2 aromatic rings. The second-order valence-corrected chi connectivity index (χ2v) is 6.68. The van der Waals surface area contributed by atoms with Crippen LogP contribution in [0.15, 0.2) is 48.5 Å². The van der Waals surface area contributed by atoms with Crippen LogP contribution in [0.2, 0.25) is 0 Å². The van der Waals surface area contributed by atoms with Crippen LogP contribution in [0.3, 0.4) is 0 Å². The molecule has 2 N–H and O–H groups in total. The van der Waals surface area contributed by atoms with Crippen molar-refractivity contribution in [2.45, 2.75) is 45.2 Å². The lowest BCUT2D eigenvalue weighted by molar-refractivity contribution is 0.670. The molecule has 0 aliphatic heterocycles. The first-order valence-electron chi connectivity index (χ1n) is 8.42. The van der Waals surface area contributed by atoms with Crippen molar-refractivity contribution >= 4 is 17.3 Å². The first-order valence-corrected chi connectivity index (χ1v) is 8.83. The third-order valence-corrected chi connectivity index (χ3v) is 4.78. The van der Waals surface area contributed by atoms with Crippen molar-refractivity contribution in [1.82, 2.24) is 10.6 Å². The van der Waals surface area contributed by atoms with Gasteiger partial charge in [-0.1, -0.05) is 48.5 Å². The minimum absolute atomic E-state index is 0.220. The molecule has 3 heteroatoms. The Morgan fingerprint density at radius 2 is 1.78 bits per heavy atom. The zero-order valence-electron chi connectivity index (χ0n) is 13.6. The zero-order valence-corrected chi connectivity index (χ0v) is 14.5. The van der Waals surface area contributed by atoms with Gasteiger partial charge in [0.05, 0.1) is 6.04 Å². The van der Waals surface area contributed by atoms with Gasteiger partial charge in [0.1, 0.15) is 0 Å². The molecule has 0 saturated carbocycles. The number of hydrogen-bond acceptors (Lipinski definition) is 1. The number of hydrogen-bond donors (Lipinski definition) is 2. The Labute approximate surface area is 144 Å². The molecule has 0 amide bonds. The Bertz CT molecular complexity index is 667. The Kier molecular flexibility index (Phi) is 5.29. The van der Waals surface area contributed by atoms with Crippen molar-refractivity contribution in [1.29, 1.82) is 0 Å². The number of rotatable bonds is 4. The summed E-state index contributed by atoms with van der Waals surface area (Å²) in [7, 11) is 0. The topological polar surface area (TPSA) is 24.1 Å². The quantitative estimate of drug-likeness (QED) is 0.820. The molecule has 0 aromatic heterocycles. The predicted octanol–water partition coefficient (Wildman–Crippen LogP) is 4.29. The summed E-state index contributed by atoms with van der Waals surface area (Å²) < 4.78 is 0. The molecule has 0 saturated heterocycles. The van der Waals surface area contributed by atoms with E-state index in [1.807, 2.05) is 18.2 Å². The predicted molar refractivity (Wildman–Crippen MR) is 101 cm³/mol. The summed E-state index contributed by atoms with van der Waals surface area (Å²) in [5.41, 5.74) is 5.59. The summed E-state index contributed by atoms with van der Waals surface area (Å²) in [4.78, 5) is 0. The van der Waals surface area contributed by atoms with E-state index in [2.05, 4.69) is 47.9 Å². The Morgan fingerprint density at radius 1 is 1.04 bits per heavy atom. The van der Waals surface area contributed by atoms with Gasteiger partial charge < -0.3 is 10.6 Å². The molecule has 2 aromatic carbocycles. The molecule has 120 valence electrons. The first-order chi connectivity index (χ1) is 11.2. The van der Waals surface area contributed by atoms with Crippen LogP contribution in [-0.2, 0) is 19.4 Å². The van der Waals surface area contributed by atoms with Crippen LogP contribution in [0.25, 0.3) is 0 Å². The molecule has 0 bridgehead atoms. The zero-order chi connectivity index (χ0) is 16.1. The monoisotopic (exact) mass is 324 g/mol. The average Bonchev–Trinajstić information content (AvgIpc) is 2.60. The molecular weight excluding hydrogens is 300 g/mol. The maximum Gasteiger partial charge on any atom is 0.167 e. The van der Waals surface area contributed by atoms with Gasteiger partial charge in [0.15, 0.2) is 5.11 Å². The van der Waals surface area contributed by atoms with Crippen molar-refractivity contribution < 1.29 is 0 Å². The number of nitrogens with one attached hydrogen (secondary N) is 2.